The number of esters is 1. The Bertz CT molecular complexity index is 1260. The van der Waals surface area contributed by atoms with Gasteiger partial charge in [0.05, 0.1) is 5.56 Å². The highest BCUT2D eigenvalue weighted by Crippen LogP contribution is 2.29. The van der Waals surface area contributed by atoms with E-state index in [1.165, 1.54) is 12.1 Å². The van der Waals surface area contributed by atoms with E-state index in [4.69, 9.17) is 4.74 Å². The zero-order valence-electron chi connectivity index (χ0n) is 17.0. The van der Waals surface area contributed by atoms with Crippen molar-refractivity contribution in [2.24, 2.45) is 0 Å². The van der Waals surface area contributed by atoms with E-state index in [0.29, 0.717) is 27.9 Å². The molecule has 31 heavy (non-hydrogen) atoms. The third-order valence-corrected chi connectivity index (χ3v) is 5.29. The van der Waals surface area contributed by atoms with Crippen LogP contribution in [0.3, 0.4) is 0 Å². The molecule has 0 saturated carbocycles. The minimum Gasteiger partial charge on any atom is -0.452 e. The number of ketones is 2. The first-order chi connectivity index (χ1) is 14.8. The smallest absolute Gasteiger partial charge is 0.338 e. The van der Waals surface area contributed by atoms with Crippen molar-refractivity contribution in [3.05, 3.63) is 99.6 Å². The quantitative estimate of drug-likeness (QED) is 0.513. The molecule has 1 aliphatic carbocycles. The number of ether oxygens (including phenoxy) is 1. The molecule has 154 valence electrons. The minimum atomic E-state index is -0.596. The lowest BCUT2D eigenvalue weighted by Gasteiger charge is -2.18. The lowest BCUT2D eigenvalue weighted by molar-refractivity contribution is -0.119. The molecule has 0 bridgehead atoms. The number of hydrogen-bond acceptors (Lipinski definition) is 5. The number of fused-ring (bicyclic) bond motifs is 2. The number of benzene rings is 3. The van der Waals surface area contributed by atoms with Crippen molar-refractivity contribution >= 4 is 29.1 Å². The van der Waals surface area contributed by atoms with Crippen molar-refractivity contribution < 1.29 is 23.9 Å². The predicted octanol–water partition coefficient (Wildman–Crippen LogP) is 3.87. The minimum absolute atomic E-state index is 0.230. The maximum atomic E-state index is 12.8. The van der Waals surface area contributed by atoms with Gasteiger partial charge in [0.25, 0.3) is 5.91 Å². The molecule has 0 saturated heterocycles. The van der Waals surface area contributed by atoms with Gasteiger partial charge in [0, 0.05) is 27.9 Å². The first-order valence-corrected chi connectivity index (χ1v) is 9.72. The van der Waals surface area contributed by atoms with Crippen LogP contribution in [-0.2, 0) is 9.53 Å². The Morgan fingerprint density at radius 3 is 2.10 bits per heavy atom. The third-order valence-electron chi connectivity index (χ3n) is 5.29. The van der Waals surface area contributed by atoms with E-state index in [9.17, 15) is 19.2 Å². The van der Waals surface area contributed by atoms with Gasteiger partial charge in [-0.05, 0) is 55.3 Å². The second kappa shape index (κ2) is 7.99. The zero-order valence-corrected chi connectivity index (χ0v) is 17.0. The largest absolute Gasteiger partial charge is 0.452 e. The van der Waals surface area contributed by atoms with Crippen LogP contribution in [0.1, 0.15) is 53.3 Å². The highest BCUT2D eigenvalue weighted by molar-refractivity contribution is 6.28. The summed E-state index contributed by atoms with van der Waals surface area (Å²) in [6.07, 6.45) is 0. The van der Waals surface area contributed by atoms with E-state index in [1.807, 2.05) is 19.9 Å². The van der Waals surface area contributed by atoms with E-state index in [1.54, 1.807) is 42.5 Å². The molecule has 3 aromatic rings. The Morgan fingerprint density at radius 1 is 0.774 bits per heavy atom. The Hall–Kier alpha value is -4.06. The molecule has 0 atom stereocenters. The summed E-state index contributed by atoms with van der Waals surface area (Å²) in [6, 6.07) is 16.3. The second-order valence-corrected chi connectivity index (χ2v) is 7.39. The molecular formula is C25H19NO5. The van der Waals surface area contributed by atoms with E-state index in [2.05, 4.69) is 5.32 Å². The average molecular weight is 413 g/mol. The second-order valence-electron chi connectivity index (χ2n) is 7.39. The average Bonchev–Trinajstić information content (AvgIpc) is 2.77. The van der Waals surface area contributed by atoms with Crippen LogP contribution in [0.5, 0.6) is 0 Å². The van der Waals surface area contributed by atoms with Crippen molar-refractivity contribution in [1.82, 2.24) is 0 Å². The topological polar surface area (TPSA) is 89.5 Å². The number of nitrogens with one attached hydrogen (secondary N) is 1. The molecule has 1 amide bonds. The number of amides is 1. The van der Waals surface area contributed by atoms with E-state index < -0.39 is 18.5 Å². The van der Waals surface area contributed by atoms with Crippen molar-refractivity contribution in [2.45, 2.75) is 13.8 Å². The normalized spacial score (nSPS) is 12.1. The summed E-state index contributed by atoms with van der Waals surface area (Å²) in [6.45, 7) is 3.35. The van der Waals surface area contributed by atoms with Crippen LogP contribution in [-0.4, -0.2) is 30.0 Å². The zero-order chi connectivity index (χ0) is 22.1. The molecule has 6 nitrogen and oxygen atoms in total. The molecular weight excluding hydrogens is 394 g/mol. The molecule has 0 aliphatic heterocycles. The third kappa shape index (κ3) is 3.88. The summed E-state index contributed by atoms with van der Waals surface area (Å²) in [4.78, 5) is 49.8. The fourth-order valence-electron chi connectivity index (χ4n) is 3.46. The highest BCUT2D eigenvalue weighted by Gasteiger charge is 2.29. The molecule has 0 aromatic heterocycles. The van der Waals surface area contributed by atoms with Gasteiger partial charge in [-0.3, -0.25) is 14.4 Å². The molecule has 0 unspecified atom stereocenters. The Balaban J connectivity index is 1.45. The van der Waals surface area contributed by atoms with Gasteiger partial charge in [-0.25, -0.2) is 4.79 Å². The van der Waals surface area contributed by atoms with E-state index >= 15 is 0 Å². The standard InChI is InChI=1S/C25H19NO5/c1-14-7-8-16(11-15(14)2)25(30)31-13-22(27)26-17-9-10-20-21(12-17)24(29)19-6-4-3-5-18(19)23(20)28/h3-12H,13H2,1-2H3,(H,26,27). The first-order valence-electron chi connectivity index (χ1n) is 9.72. The van der Waals surface area contributed by atoms with Gasteiger partial charge >= 0.3 is 5.97 Å². The highest BCUT2D eigenvalue weighted by atomic mass is 16.5. The van der Waals surface area contributed by atoms with Crippen LogP contribution < -0.4 is 5.32 Å². The Kier molecular flexibility index (Phi) is 5.21. The molecule has 4 rings (SSSR count). The lowest BCUT2D eigenvalue weighted by atomic mass is 9.84. The van der Waals surface area contributed by atoms with Crippen LogP contribution >= 0.6 is 0 Å². The first kappa shape index (κ1) is 20.2. The Morgan fingerprint density at radius 2 is 1.42 bits per heavy atom. The maximum absolute atomic E-state index is 12.8. The summed E-state index contributed by atoms with van der Waals surface area (Å²) >= 11 is 0. The van der Waals surface area contributed by atoms with Crippen LogP contribution in [0.15, 0.2) is 60.7 Å². The van der Waals surface area contributed by atoms with Gasteiger partial charge in [-0.2, -0.15) is 0 Å². The SMILES string of the molecule is Cc1ccc(C(=O)OCC(=O)Nc2ccc3c(c2)C(=O)c2ccccc2C3=O)cc1C. The lowest BCUT2D eigenvalue weighted by Crippen LogP contribution is -2.23. The molecule has 0 radical (unpaired) electrons. The molecule has 1 aliphatic rings. The van der Waals surface area contributed by atoms with Crippen LogP contribution in [0.2, 0.25) is 0 Å². The molecule has 0 heterocycles. The van der Waals surface area contributed by atoms with Gasteiger partial charge < -0.3 is 10.1 Å². The monoisotopic (exact) mass is 413 g/mol. The fourth-order valence-corrected chi connectivity index (χ4v) is 3.46. The molecule has 1 N–H and O–H groups in total. The van der Waals surface area contributed by atoms with Crippen LogP contribution in [0, 0.1) is 13.8 Å². The van der Waals surface area contributed by atoms with E-state index in [0.717, 1.165) is 11.1 Å². The molecule has 0 fully saturated rings. The summed E-state index contributed by atoms with van der Waals surface area (Å²) < 4.78 is 5.08. The van der Waals surface area contributed by atoms with Crippen LogP contribution in [0.4, 0.5) is 5.69 Å². The number of carbonyl (C=O) groups excluding carboxylic acids is 4. The summed E-state index contributed by atoms with van der Waals surface area (Å²) in [5.74, 6) is -1.65. The molecule has 0 spiro atoms. The van der Waals surface area contributed by atoms with Crippen LogP contribution in [0.25, 0.3) is 0 Å². The van der Waals surface area contributed by atoms with Gasteiger partial charge in [0.2, 0.25) is 0 Å². The number of carbonyl (C=O) groups is 4. The van der Waals surface area contributed by atoms with Gasteiger partial charge in [-0.1, -0.05) is 30.3 Å². The van der Waals surface area contributed by atoms with Gasteiger partial charge in [-0.15, -0.1) is 0 Å². The Labute approximate surface area is 178 Å². The van der Waals surface area contributed by atoms with Crippen molar-refractivity contribution in [3.8, 4) is 0 Å². The van der Waals surface area contributed by atoms with Crippen molar-refractivity contribution in [2.75, 3.05) is 11.9 Å². The van der Waals surface area contributed by atoms with Crippen molar-refractivity contribution in [3.63, 3.8) is 0 Å². The van der Waals surface area contributed by atoms with Gasteiger partial charge in [0.15, 0.2) is 18.2 Å². The van der Waals surface area contributed by atoms with E-state index in [-0.39, 0.29) is 17.1 Å². The molecule has 6 heteroatoms. The molecule has 3 aromatic carbocycles. The summed E-state index contributed by atoms with van der Waals surface area (Å²) in [5, 5.41) is 2.60. The number of aryl methyl sites for hydroxylation is 2. The van der Waals surface area contributed by atoms with Gasteiger partial charge in [0.1, 0.15) is 0 Å². The fraction of sp³-hybridized carbons (Fsp3) is 0.120. The van der Waals surface area contributed by atoms with Crippen molar-refractivity contribution in [1.29, 1.82) is 0 Å². The summed E-state index contributed by atoms with van der Waals surface area (Å²) in [5.41, 5.74) is 3.95. The summed E-state index contributed by atoms with van der Waals surface area (Å²) in [7, 11) is 0. The maximum Gasteiger partial charge on any atom is 0.338 e. The predicted molar refractivity (Wildman–Crippen MR) is 115 cm³/mol. The number of hydrogen-bond donors (Lipinski definition) is 1. The number of anilines is 1. The number of rotatable bonds is 4.